The number of oxime groups is 1. The van der Waals surface area contributed by atoms with Crippen molar-refractivity contribution in [2.75, 3.05) is 6.54 Å². The van der Waals surface area contributed by atoms with Gasteiger partial charge in [0.05, 0.1) is 17.8 Å². The minimum atomic E-state index is -4.41. The van der Waals surface area contributed by atoms with Crippen LogP contribution in [0.25, 0.3) is 0 Å². The van der Waals surface area contributed by atoms with Crippen LogP contribution in [0.2, 0.25) is 0 Å². The van der Waals surface area contributed by atoms with Gasteiger partial charge >= 0.3 is 6.18 Å². The minimum absolute atomic E-state index is 0.103. The van der Waals surface area contributed by atoms with E-state index in [0.29, 0.717) is 24.1 Å². The second-order valence-electron chi connectivity index (χ2n) is 8.04. The van der Waals surface area contributed by atoms with Crippen LogP contribution in [0.3, 0.4) is 0 Å². The molecule has 0 spiro atoms. The van der Waals surface area contributed by atoms with Crippen LogP contribution in [0.15, 0.2) is 53.7 Å². The molecule has 0 aromatic heterocycles. The lowest BCUT2D eigenvalue weighted by Crippen LogP contribution is -2.37. The number of benzene rings is 2. The maximum Gasteiger partial charge on any atom is 0.416 e. The van der Waals surface area contributed by atoms with Crippen molar-refractivity contribution in [3.8, 4) is 0 Å². The van der Waals surface area contributed by atoms with Gasteiger partial charge in [0.1, 0.15) is 5.82 Å². The van der Waals surface area contributed by atoms with Crippen LogP contribution in [0.4, 0.5) is 17.6 Å². The normalized spacial score (nSPS) is 16.2. The summed E-state index contributed by atoms with van der Waals surface area (Å²) < 4.78 is 51.6. The third kappa shape index (κ3) is 6.29. The monoisotopic (exact) mass is 436 g/mol. The van der Waals surface area contributed by atoms with Crippen LogP contribution in [0.5, 0.6) is 0 Å². The van der Waals surface area contributed by atoms with Crippen LogP contribution in [0, 0.1) is 11.7 Å². The number of alkyl halides is 3. The zero-order chi connectivity index (χ0) is 22.6. The molecule has 1 amide bonds. The summed E-state index contributed by atoms with van der Waals surface area (Å²) in [6, 6.07) is 10.7. The molecule has 1 heterocycles. The molecule has 2 aromatic carbocycles. The van der Waals surface area contributed by atoms with Crippen molar-refractivity contribution in [3.05, 3.63) is 71.0 Å². The van der Waals surface area contributed by atoms with Gasteiger partial charge in [0.2, 0.25) is 5.91 Å². The number of nitrogens with zero attached hydrogens (tertiary/aromatic N) is 2. The number of amides is 1. The number of halogens is 4. The van der Waals surface area contributed by atoms with Crippen molar-refractivity contribution in [2.24, 2.45) is 11.1 Å². The summed E-state index contributed by atoms with van der Waals surface area (Å²) in [5, 5.41) is 4.07. The Morgan fingerprint density at radius 3 is 2.35 bits per heavy atom. The lowest BCUT2D eigenvalue weighted by Gasteiger charge is -2.26. The summed E-state index contributed by atoms with van der Waals surface area (Å²) in [4.78, 5) is 19.9. The highest BCUT2D eigenvalue weighted by Crippen LogP contribution is 2.29. The average molecular weight is 436 g/mol. The Hall–Kier alpha value is -2.90. The summed E-state index contributed by atoms with van der Waals surface area (Å²) >= 11 is 0. The summed E-state index contributed by atoms with van der Waals surface area (Å²) in [5.41, 5.74) is 1.28. The molecule has 0 fully saturated rings. The van der Waals surface area contributed by atoms with Crippen molar-refractivity contribution < 1.29 is 27.2 Å². The van der Waals surface area contributed by atoms with Crippen molar-refractivity contribution in [3.63, 3.8) is 0 Å². The van der Waals surface area contributed by atoms with E-state index in [1.165, 1.54) is 24.3 Å². The Labute approximate surface area is 178 Å². The SMILES string of the molecule is CC(C)CC(=O)N(Cc1ccc(C(F)(F)F)cc1)C[C@@H]1CC(c2ccc(F)cc2)=NO1. The Bertz CT molecular complexity index is 922. The van der Waals surface area contributed by atoms with Gasteiger partial charge in [-0.1, -0.05) is 43.3 Å². The molecular formula is C23H24F4N2O2. The Morgan fingerprint density at radius 2 is 1.77 bits per heavy atom. The van der Waals surface area contributed by atoms with Gasteiger partial charge in [0.15, 0.2) is 6.10 Å². The summed E-state index contributed by atoms with van der Waals surface area (Å²) in [5.74, 6) is -0.311. The third-order valence-corrected chi connectivity index (χ3v) is 4.92. The molecule has 0 saturated heterocycles. The average Bonchev–Trinajstić information content (AvgIpc) is 3.16. The van der Waals surface area contributed by atoms with Crippen molar-refractivity contribution in [1.29, 1.82) is 0 Å². The van der Waals surface area contributed by atoms with E-state index in [0.717, 1.165) is 17.7 Å². The predicted octanol–water partition coefficient (Wildman–Crippen LogP) is 5.41. The second kappa shape index (κ2) is 9.49. The molecule has 1 aliphatic heterocycles. The number of hydrogen-bond donors (Lipinski definition) is 0. The van der Waals surface area contributed by atoms with E-state index in [1.807, 2.05) is 13.8 Å². The van der Waals surface area contributed by atoms with Gasteiger partial charge in [-0.2, -0.15) is 13.2 Å². The summed E-state index contributed by atoms with van der Waals surface area (Å²) in [6.45, 7) is 4.28. The van der Waals surface area contributed by atoms with Gasteiger partial charge in [0.25, 0.3) is 0 Å². The van der Waals surface area contributed by atoms with E-state index in [2.05, 4.69) is 5.16 Å². The van der Waals surface area contributed by atoms with Crippen molar-refractivity contribution in [1.82, 2.24) is 4.90 Å². The molecule has 1 aliphatic rings. The fourth-order valence-electron chi connectivity index (χ4n) is 3.34. The van der Waals surface area contributed by atoms with Gasteiger partial charge in [-0.3, -0.25) is 4.79 Å². The van der Waals surface area contributed by atoms with Gasteiger partial charge < -0.3 is 9.74 Å². The molecule has 0 saturated carbocycles. The van der Waals surface area contributed by atoms with Crippen LogP contribution in [0.1, 0.15) is 43.4 Å². The molecule has 166 valence electrons. The summed E-state index contributed by atoms with van der Waals surface area (Å²) in [7, 11) is 0. The van der Waals surface area contributed by atoms with E-state index in [-0.39, 0.29) is 36.8 Å². The minimum Gasteiger partial charge on any atom is -0.390 e. The van der Waals surface area contributed by atoms with Crippen LogP contribution in [-0.4, -0.2) is 29.2 Å². The largest absolute Gasteiger partial charge is 0.416 e. The van der Waals surface area contributed by atoms with Crippen molar-refractivity contribution in [2.45, 2.75) is 45.5 Å². The first kappa shape index (κ1) is 22.8. The molecule has 0 radical (unpaired) electrons. The van der Waals surface area contributed by atoms with E-state index >= 15 is 0 Å². The van der Waals surface area contributed by atoms with E-state index in [9.17, 15) is 22.4 Å². The first-order valence-electron chi connectivity index (χ1n) is 10.0. The van der Waals surface area contributed by atoms with Gasteiger partial charge in [-0.25, -0.2) is 4.39 Å². The number of rotatable bonds is 7. The highest BCUT2D eigenvalue weighted by atomic mass is 19.4. The van der Waals surface area contributed by atoms with E-state index in [4.69, 9.17) is 4.84 Å². The molecule has 4 nitrogen and oxygen atoms in total. The van der Waals surface area contributed by atoms with Crippen LogP contribution >= 0.6 is 0 Å². The highest BCUT2D eigenvalue weighted by molar-refractivity contribution is 6.01. The fourth-order valence-corrected chi connectivity index (χ4v) is 3.34. The Kier molecular flexibility index (Phi) is 6.97. The van der Waals surface area contributed by atoms with Crippen LogP contribution in [-0.2, 0) is 22.4 Å². The first-order valence-corrected chi connectivity index (χ1v) is 10.0. The zero-order valence-electron chi connectivity index (χ0n) is 17.3. The molecule has 1 atom stereocenters. The number of carbonyl (C=O) groups excluding carboxylic acids is 1. The highest BCUT2D eigenvalue weighted by Gasteiger charge is 2.30. The smallest absolute Gasteiger partial charge is 0.390 e. The third-order valence-electron chi connectivity index (χ3n) is 4.92. The Morgan fingerprint density at radius 1 is 1.13 bits per heavy atom. The lowest BCUT2D eigenvalue weighted by atomic mass is 10.0. The van der Waals surface area contributed by atoms with Gasteiger partial charge in [0, 0.05) is 19.4 Å². The topological polar surface area (TPSA) is 41.9 Å². The second-order valence-corrected chi connectivity index (χ2v) is 8.04. The van der Waals surface area contributed by atoms with Crippen LogP contribution < -0.4 is 0 Å². The summed E-state index contributed by atoms with van der Waals surface area (Å²) in [6.07, 6.45) is -4.02. The zero-order valence-corrected chi connectivity index (χ0v) is 17.3. The first-order chi connectivity index (χ1) is 14.6. The van der Waals surface area contributed by atoms with E-state index < -0.39 is 11.7 Å². The lowest BCUT2D eigenvalue weighted by molar-refractivity contribution is -0.138. The maximum atomic E-state index is 13.1. The molecule has 0 N–H and O–H groups in total. The predicted molar refractivity (Wildman–Crippen MR) is 109 cm³/mol. The van der Waals surface area contributed by atoms with Crippen molar-refractivity contribution >= 4 is 11.6 Å². The van der Waals surface area contributed by atoms with Gasteiger partial charge in [-0.05, 0) is 41.3 Å². The fraction of sp³-hybridized carbons (Fsp3) is 0.391. The molecule has 8 heteroatoms. The van der Waals surface area contributed by atoms with E-state index in [1.54, 1.807) is 17.0 Å². The quantitative estimate of drug-likeness (QED) is 0.545. The standard InChI is InChI=1S/C23H24F4N2O2/c1-15(2)11-22(30)29(13-16-3-7-18(8-4-16)23(25,26)27)14-20-12-21(28-31-20)17-5-9-19(24)10-6-17/h3-10,15,20H,11-14H2,1-2H3/t20-/m0/s1. The Balaban J connectivity index is 1.68. The molecule has 3 rings (SSSR count). The molecule has 0 unspecified atom stereocenters. The molecule has 31 heavy (non-hydrogen) atoms. The maximum absolute atomic E-state index is 13.1. The van der Waals surface area contributed by atoms with Gasteiger partial charge in [-0.15, -0.1) is 0 Å². The molecular weight excluding hydrogens is 412 g/mol. The number of carbonyl (C=O) groups is 1. The molecule has 2 aromatic rings. The molecule has 0 bridgehead atoms. The number of hydrogen-bond acceptors (Lipinski definition) is 3. The molecule has 0 aliphatic carbocycles.